The third kappa shape index (κ3) is 3.91. The smallest absolute Gasteiger partial charge is 0.248 e. The third-order valence-electron chi connectivity index (χ3n) is 6.70. The summed E-state index contributed by atoms with van der Waals surface area (Å²) in [6.45, 7) is 2.10. The van der Waals surface area contributed by atoms with E-state index in [9.17, 15) is 13.2 Å². The number of benzene rings is 1. The van der Waals surface area contributed by atoms with E-state index in [-0.39, 0.29) is 11.3 Å². The number of allylic oxidation sites excluding steroid dienone is 1. The monoisotopic (exact) mass is 388 g/mol. The maximum atomic E-state index is 12.7. The van der Waals surface area contributed by atoms with E-state index >= 15 is 0 Å². The minimum atomic E-state index is -3.41. The first kappa shape index (κ1) is 18.5. The van der Waals surface area contributed by atoms with Crippen molar-refractivity contribution in [3.8, 4) is 0 Å². The van der Waals surface area contributed by atoms with Gasteiger partial charge in [0.1, 0.15) is 0 Å². The molecule has 6 heteroatoms. The lowest BCUT2D eigenvalue weighted by atomic mass is 9.48. The van der Waals surface area contributed by atoms with Crippen LogP contribution in [0.1, 0.15) is 45.4 Å². The largest absolute Gasteiger partial charge is 0.321 e. The first-order chi connectivity index (χ1) is 12.7. The van der Waals surface area contributed by atoms with Crippen molar-refractivity contribution >= 4 is 27.3 Å². The molecule has 0 atom stereocenters. The Morgan fingerprint density at radius 3 is 2.07 bits per heavy atom. The van der Waals surface area contributed by atoms with Gasteiger partial charge in [-0.15, -0.1) is 0 Å². The van der Waals surface area contributed by atoms with Gasteiger partial charge >= 0.3 is 0 Å². The van der Waals surface area contributed by atoms with Gasteiger partial charge in [0.05, 0.1) is 17.6 Å². The normalized spacial score (nSPS) is 32.4. The first-order valence-electron chi connectivity index (χ1n) is 9.79. The van der Waals surface area contributed by atoms with Gasteiger partial charge in [0.25, 0.3) is 0 Å². The number of nitrogens with one attached hydrogen (secondary N) is 2. The lowest BCUT2D eigenvalue weighted by Gasteiger charge is -2.57. The highest BCUT2D eigenvalue weighted by molar-refractivity contribution is 7.92. The standard InChI is InChI=1S/C21H28N2O3S/c1-14(21-11-15-8-16(12-21)10-17(9-15)13-21)7-20(24)22-18-5-3-4-6-19(18)23-27(2,25)26/h3-7,15-17,23H,8-13H2,1-2H3,(H,22,24)/b14-7+. The number of para-hydroxylation sites is 2. The van der Waals surface area contributed by atoms with Crippen molar-refractivity contribution in [1.29, 1.82) is 0 Å². The van der Waals surface area contributed by atoms with E-state index in [2.05, 4.69) is 17.0 Å². The van der Waals surface area contributed by atoms with Crippen LogP contribution in [-0.4, -0.2) is 20.6 Å². The van der Waals surface area contributed by atoms with Gasteiger partial charge in [0.15, 0.2) is 0 Å². The lowest BCUT2D eigenvalue weighted by Crippen LogP contribution is -2.46. The fraction of sp³-hybridized carbons (Fsp3) is 0.571. The zero-order chi connectivity index (χ0) is 19.2. The van der Waals surface area contributed by atoms with Crippen LogP contribution in [0.25, 0.3) is 0 Å². The number of hydrogen-bond donors (Lipinski definition) is 2. The molecule has 0 heterocycles. The summed E-state index contributed by atoms with van der Waals surface area (Å²) in [4.78, 5) is 12.7. The molecular formula is C21H28N2O3S. The Kier molecular flexibility index (Phi) is 4.57. The molecule has 5 nitrogen and oxygen atoms in total. The molecule has 0 unspecified atom stereocenters. The Labute approximate surface area is 161 Å². The molecule has 2 N–H and O–H groups in total. The Balaban J connectivity index is 1.51. The maximum Gasteiger partial charge on any atom is 0.248 e. The molecule has 1 aromatic rings. The quantitative estimate of drug-likeness (QED) is 0.744. The lowest BCUT2D eigenvalue weighted by molar-refractivity contribution is -0.112. The minimum Gasteiger partial charge on any atom is -0.321 e. The number of rotatable bonds is 5. The number of amides is 1. The second-order valence-corrected chi connectivity index (χ2v) is 10.7. The molecule has 4 fully saturated rings. The van der Waals surface area contributed by atoms with E-state index in [4.69, 9.17) is 0 Å². The summed E-state index contributed by atoms with van der Waals surface area (Å²) < 4.78 is 25.5. The second kappa shape index (κ2) is 6.66. The summed E-state index contributed by atoms with van der Waals surface area (Å²) in [6, 6.07) is 6.87. The number of carbonyl (C=O) groups is 1. The van der Waals surface area contributed by atoms with Crippen molar-refractivity contribution in [1.82, 2.24) is 0 Å². The molecule has 1 amide bonds. The summed E-state index contributed by atoms with van der Waals surface area (Å²) in [5.41, 5.74) is 2.25. The van der Waals surface area contributed by atoms with E-state index < -0.39 is 10.0 Å². The van der Waals surface area contributed by atoms with Crippen LogP contribution in [0.15, 0.2) is 35.9 Å². The summed E-state index contributed by atoms with van der Waals surface area (Å²) >= 11 is 0. The number of hydrogen-bond acceptors (Lipinski definition) is 3. The van der Waals surface area contributed by atoms with Crippen LogP contribution in [0.3, 0.4) is 0 Å². The Bertz CT molecular complexity index is 853. The summed E-state index contributed by atoms with van der Waals surface area (Å²) in [5.74, 6) is 2.32. The SMILES string of the molecule is C/C(=C\C(=O)Nc1ccccc1NS(C)(=O)=O)C12CC3CC(CC(C3)C1)C2. The van der Waals surface area contributed by atoms with Crippen molar-refractivity contribution in [3.05, 3.63) is 35.9 Å². The highest BCUT2D eigenvalue weighted by atomic mass is 32.2. The third-order valence-corrected chi connectivity index (χ3v) is 7.29. The van der Waals surface area contributed by atoms with Crippen LogP contribution in [0.4, 0.5) is 11.4 Å². The van der Waals surface area contributed by atoms with E-state index in [1.54, 1.807) is 30.3 Å². The Morgan fingerprint density at radius 1 is 1.04 bits per heavy atom. The van der Waals surface area contributed by atoms with Gasteiger partial charge in [-0.25, -0.2) is 8.42 Å². The molecular weight excluding hydrogens is 360 g/mol. The van der Waals surface area contributed by atoms with Crippen LogP contribution < -0.4 is 10.0 Å². The molecule has 0 aliphatic heterocycles. The van der Waals surface area contributed by atoms with Crippen LogP contribution in [0.2, 0.25) is 0 Å². The van der Waals surface area contributed by atoms with Crippen molar-refractivity contribution in [2.45, 2.75) is 45.4 Å². The van der Waals surface area contributed by atoms with Crippen LogP contribution in [0, 0.1) is 23.2 Å². The van der Waals surface area contributed by atoms with Crippen molar-refractivity contribution in [2.75, 3.05) is 16.3 Å². The molecule has 4 saturated carbocycles. The van der Waals surface area contributed by atoms with Gasteiger partial charge in [-0.2, -0.15) is 0 Å². The maximum absolute atomic E-state index is 12.7. The van der Waals surface area contributed by atoms with E-state index in [0.717, 1.165) is 24.0 Å². The van der Waals surface area contributed by atoms with Crippen molar-refractivity contribution in [2.24, 2.45) is 23.2 Å². The molecule has 0 aromatic heterocycles. The van der Waals surface area contributed by atoms with Crippen molar-refractivity contribution < 1.29 is 13.2 Å². The average Bonchev–Trinajstić information content (AvgIpc) is 2.54. The first-order valence-corrected chi connectivity index (χ1v) is 11.7. The molecule has 0 saturated heterocycles. The minimum absolute atomic E-state index is 0.189. The highest BCUT2D eigenvalue weighted by Gasteiger charge is 2.51. The molecule has 146 valence electrons. The number of sulfonamides is 1. The molecule has 4 bridgehead atoms. The van der Waals surface area contributed by atoms with Gasteiger partial charge in [-0.3, -0.25) is 9.52 Å². The zero-order valence-electron chi connectivity index (χ0n) is 16.0. The fourth-order valence-corrected chi connectivity index (χ4v) is 6.57. The van der Waals surface area contributed by atoms with Gasteiger partial charge in [0.2, 0.25) is 15.9 Å². The molecule has 1 aromatic carbocycles. The molecule has 0 spiro atoms. The number of anilines is 2. The summed E-state index contributed by atoms with van der Waals surface area (Å²) in [6.07, 6.45) is 10.6. The second-order valence-electron chi connectivity index (χ2n) is 8.93. The van der Waals surface area contributed by atoms with Crippen LogP contribution >= 0.6 is 0 Å². The molecule has 5 rings (SSSR count). The molecule has 4 aliphatic carbocycles. The van der Waals surface area contributed by atoms with Crippen LogP contribution in [-0.2, 0) is 14.8 Å². The molecule has 27 heavy (non-hydrogen) atoms. The number of carbonyl (C=O) groups excluding carboxylic acids is 1. The Hall–Kier alpha value is -1.82. The Morgan fingerprint density at radius 2 is 1.56 bits per heavy atom. The topological polar surface area (TPSA) is 75.3 Å². The van der Waals surface area contributed by atoms with Gasteiger partial charge in [0, 0.05) is 6.08 Å². The van der Waals surface area contributed by atoms with E-state index in [1.807, 2.05) is 0 Å². The van der Waals surface area contributed by atoms with E-state index in [0.29, 0.717) is 11.4 Å². The molecule has 4 aliphatic rings. The van der Waals surface area contributed by atoms with Gasteiger partial charge in [-0.05, 0) is 80.8 Å². The van der Waals surface area contributed by atoms with Gasteiger partial charge in [-0.1, -0.05) is 17.7 Å². The highest BCUT2D eigenvalue weighted by Crippen LogP contribution is 2.62. The molecule has 0 radical (unpaired) electrons. The van der Waals surface area contributed by atoms with Gasteiger partial charge < -0.3 is 5.32 Å². The zero-order valence-corrected chi connectivity index (χ0v) is 16.8. The van der Waals surface area contributed by atoms with Crippen LogP contribution in [0.5, 0.6) is 0 Å². The predicted molar refractivity (Wildman–Crippen MR) is 108 cm³/mol. The van der Waals surface area contributed by atoms with E-state index in [1.165, 1.54) is 44.1 Å². The summed E-state index contributed by atoms with van der Waals surface area (Å²) in [5, 5.41) is 2.85. The van der Waals surface area contributed by atoms with Crippen molar-refractivity contribution in [3.63, 3.8) is 0 Å². The fourth-order valence-electron chi connectivity index (χ4n) is 5.99. The summed E-state index contributed by atoms with van der Waals surface area (Å²) in [7, 11) is -3.41. The average molecular weight is 389 g/mol. The predicted octanol–water partition coefficient (Wildman–Crippen LogP) is 4.16.